The average Bonchev–Trinajstić information content (AvgIpc) is 3.05. The predicted molar refractivity (Wildman–Crippen MR) is 106 cm³/mol. The lowest BCUT2D eigenvalue weighted by Crippen LogP contribution is -2.20. The SMILES string of the molecule is C=C/C=C\C(=C\NS(=O)(=O)C1=CC(=C)CC=C1)c1nc2ccccc2[nH]1. The minimum atomic E-state index is -3.69. The van der Waals surface area contributed by atoms with Crippen LogP contribution < -0.4 is 4.72 Å². The third-order valence-electron chi connectivity index (χ3n) is 3.76. The van der Waals surface area contributed by atoms with E-state index in [0.717, 1.165) is 16.6 Å². The molecule has 2 aromatic rings. The van der Waals surface area contributed by atoms with Gasteiger partial charge in [0, 0.05) is 11.8 Å². The average molecular weight is 365 g/mol. The summed E-state index contributed by atoms with van der Waals surface area (Å²) in [5, 5.41) is 0. The molecule has 1 aliphatic carbocycles. The highest BCUT2D eigenvalue weighted by molar-refractivity contribution is 7.93. The maximum Gasteiger partial charge on any atom is 0.261 e. The largest absolute Gasteiger partial charge is 0.338 e. The van der Waals surface area contributed by atoms with Gasteiger partial charge in [-0.1, -0.05) is 49.1 Å². The maximum atomic E-state index is 12.5. The molecule has 2 N–H and O–H groups in total. The molecule has 1 aliphatic rings. The van der Waals surface area contributed by atoms with Crippen LogP contribution in [0.3, 0.4) is 0 Å². The monoisotopic (exact) mass is 365 g/mol. The summed E-state index contributed by atoms with van der Waals surface area (Å²) in [6, 6.07) is 7.60. The molecule has 0 aliphatic heterocycles. The van der Waals surface area contributed by atoms with Crippen LogP contribution in [-0.2, 0) is 10.0 Å². The molecule has 3 rings (SSSR count). The van der Waals surface area contributed by atoms with E-state index >= 15 is 0 Å². The van der Waals surface area contributed by atoms with Crippen LogP contribution in [0.25, 0.3) is 16.6 Å². The number of allylic oxidation sites excluding steroid dienone is 8. The molecule has 0 bridgehead atoms. The summed E-state index contributed by atoms with van der Waals surface area (Å²) in [4.78, 5) is 7.87. The van der Waals surface area contributed by atoms with E-state index in [2.05, 4.69) is 27.8 Å². The number of imidazole rings is 1. The van der Waals surface area contributed by atoms with Crippen molar-refractivity contribution in [2.75, 3.05) is 0 Å². The number of rotatable bonds is 6. The van der Waals surface area contributed by atoms with Crippen molar-refractivity contribution in [3.63, 3.8) is 0 Å². The van der Waals surface area contributed by atoms with Crippen molar-refractivity contribution in [3.8, 4) is 0 Å². The van der Waals surface area contributed by atoms with E-state index in [-0.39, 0.29) is 4.91 Å². The smallest absolute Gasteiger partial charge is 0.261 e. The molecule has 0 saturated carbocycles. The molecule has 0 saturated heterocycles. The van der Waals surface area contributed by atoms with Crippen LogP contribution in [0.2, 0.25) is 0 Å². The van der Waals surface area contributed by atoms with E-state index in [9.17, 15) is 8.42 Å². The quantitative estimate of drug-likeness (QED) is 0.761. The highest BCUT2D eigenvalue weighted by Gasteiger charge is 2.16. The van der Waals surface area contributed by atoms with Crippen LogP contribution in [0.1, 0.15) is 12.2 Å². The Morgan fingerprint density at radius 3 is 2.85 bits per heavy atom. The molecule has 0 unspecified atom stereocenters. The molecule has 0 fully saturated rings. The van der Waals surface area contributed by atoms with Crippen molar-refractivity contribution >= 4 is 26.6 Å². The first-order chi connectivity index (χ1) is 12.5. The van der Waals surface area contributed by atoms with Gasteiger partial charge in [0.15, 0.2) is 0 Å². The van der Waals surface area contributed by atoms with Crippen LogP contribution in [-0.4, -0.2) is 18.4 Å². The number of aromatic amines is 1. The van der Waals surface area contributed by atoms with Crippen LogP contribution in [0.15, 0.2) is 90.6 Å². The number of aromatic nitrogens is 2. The van der Waals surface area contributed by atoms with Crippen molar-refractivity contribution in [3.05, 3.63) is 96.4 Å². The minimum absolute atomic E-state index is 0.182. The summed E-state index contributed by atoms with van der Waals surface area (Å²) in [5.41, 5.74) is 3.01. The fourth-order valence-corrected chi connectivity index (χ4v) is 3.48. The van der Waals surface area contributed by atoms with Crippen LogP contribution in [0.4, 0.5) is 0 Å². The Kier molecular flexibility index (Phi) is 5.04. The topological polar surface area (TPSA) is 74.8 Å². The van der Waals surface area contributed by atoms with Gasteiger partial charge in [0.05, 0.1) is 15.9 Å². The van der Waals surface area contributed by atoms with Crippen LogP contribution in [0.5, 0.6) is 0 Å². The van der Waals surface area contributed by atoms with Gasteiger partial charge in [-0.2, -0.15) is 0 Å². The van der Waals surface area contributed by atoms with Gasteiger partial charge in [-0.05, 0) is 36.8 Å². The van der Waals surface area contributed by atoms with Gasteiger partial charge in [0.1, 0.15) is 5.82 Å². The fourth-order valence-electron chi connectivity index (χ4n) is 2.47. The summed E-state index contributed by atoms with van der Waals surface area (Å²) >= 11 is 0. The van der Waals surface area contributed by atoms with Crippen molar-refractivity contribution in [1.29, 1.82) is 0 Å². The second-order valence-electron chi connectivity index (χ2n) is 5.73. The zero-order chi connectivity index (χ0) is 18.6. The van der Waals surface area contributed by atoms with Gasteiger partial charge >= 0.3 is 0 Å². The maximum absolute atomic E-state index is 12.5. The number of fused-ring (bicyclic) bond motifs is 1. The Morgan fingerprint density at radius 1 is 1.31 bits per heavy atom. The van der Waals surface area contributed by atoms with Crippen molar-refractivity contribution in [1.82, 2.24) is 14.7 Å². The number of nitrogens with zero attached hydrogens (tertiary/aromatic N) is 1. The Labute approximate surface area is 152 Å². The summed E-state index contributed by atoms with van der Waals surface area (Å²) < 4.78 is 27.5. The zero-order valence-electron chi connectivity index (χ0n) is 14.1. The van der Waals surface area contributed by atoms with E-state index in [1.165, 1.54) is 6.20 Å². The molecular formula is C20H19N3O2S. The molecule has 1 aromatic carbocycles. The van der Waals surface area contributed by atoms with Crippen LogP contribution >= 0.6 is 0 Å². The minimum Gasteiger partial charge on any atom is -0.338 e. The van der Waals surface area contributed by atoms with Gasteiger partial charge in [-0.25, -0.2) is 13.4 Å². The number of benzene rings is 1. The Hall–Kier alpha value is -3.12. The molecule has 0 spiro atoms. The first-order valence-electron chi connectivity index (χ1n) is 8.02. The number of sulfonamides is 1. The van der Waals surface area contributed by atoms with Crippen molar-refractivity contribution in [2.45, 2.75) is 6.42 Å². The lowest BCUT2D eigenvalue weighted by molar-refractivity contribution is 0.597. The molecule has 0 radical (unpaired) electrons. The lowest BCUT2D eigenvalue weighted by Gasteiger charge is -2.10. The van der Waals surface area contributed by atoms with E-state index in [4.69, 9.17) is 0 Å². The van der Waals surface area contributed by atoms with E-state index in [1.54, 1.807) is 36.5 Å². The standard InChI is InChI=1S/C20H19N3O2S/c1-3-4-9-16(20-22-18-11-5-6-12-19(18)23-20)14-21-26(24,25)17-10-7-8-15(2)13-17/h3-7,9-14,21H,1-2,8H2,(H,22,23)/b9-4-,16-14-. The lowest BCUT2D eigenvalue weighted by atomic mass is 10.1. The Morgan fingerprint density at radius 2 is 2.12 bits per heavy atom. The normalized spacial score (nSPS) is 15.5. The highest BCUT2D eigenvalue weighted by Crippen LogP contribution is 2.20. The third-order valence-corrected chi connectivity index (χ3v) is 5.07. The van der Waals surface area contributed by atoms with Gasteiger partial charge < -0.3 is 4.98 Å². The Bertz CT molecular complexity index is 1050. The van der Waals surface area contributed by atoms with Crippen molar-refractivity contribution < 1.29 is 8.42 Å². The molecule has 132 valence electrons. The van der Waals surface area contributed by atoms with Crippen molar-refractivity contribution in [2.24, 2.45) is 0 Å². The van der Waals surface area contributed by atoms with Gasteiger partial charge in [-0.3, -0.25) is 4.72 Å². The van der Waals surface area contributed by atoms with Gasteiger partial charge in [0.2, 0.25) is 0 Å². The first-order valence-corrected chi connectivity index (χ1v) is 9.50. The highest BCUT2D eigenvalue weighted by atomic mass is 32.2. The summed E-state index contributed by atoms with van der Waals surface area (Å²) in [6.45, 7) is 7.46. The first kappa shape index (κ1) is 17.7. The molecule has 0 atom stereocenters. The van der Waals surface area contributed by atoms with E-state index in [1.807, 2.05) is 24.3 Å². The molecule has 1 aromatic heterocycles. The number of nitrogens with one attached hydrogen (secondary N) is 2. The van der Waals surface area contributed by atoms with E-state index in [0.29, 0.717) is 17.8 Å². The van der Waals surface area contributed by atoms with Gasteiger partial charge in [0.25, 0.3) is 10.0 Å². The number of para-hydroxylation sites is 2. The van der Waals surface area contributed by atoms with Gasteiger partial charge in [-0.15, -0.1) is 0 Å². The summed E-state index contributed by atoms with van der Waals surface area (Å²) in [7, 11) is -3.69. The molecule has 1 heterocycles. The molecular weight excluding hydrogens is 346 g/mol. The number of hydrogen-bond donors (Lipinski definition) is 2. The molecule has 6 heteroatoms. The molecule has 26 heavy (non-hydrogen) atoms. The predicted octanol–water partition coefficient (Wildman–Crippen LogP) is 3.97. The fraction of sp³-hybridized carbons (Fsp3) is 0.0500. The second-order valence-corrected chi connectivity index (χ2v) is 7.44. The zero-order valence-corrected chi connectivity index (χ0v) is 15.0. The van der Waals surface area contributed by atoms with E-state index < -0.39 is 10.0 Å². The second kappa shape index (κ2) is 7.41. The summed E-state index contributed by atoms with van der Waals surface area (Å²) in [6.07, 6.45) is 12.0. The molecule has 5 nitrogen and oxygen atoms in total. The number of H-pyrrole nitrogens is 1. The number of hydrogen-bond acceptors (Lipinski definition) is 3. The Balaban J connectivity index is 1.95. The third kappa shape index (κ3) is 3.92. The summed E-state index contributed by atoms with van der Waals surface area (Å²) in [5.74, 6) is 0.560. The van der Waals surface area contributed by atoms with Crippen LogP contribution in [0, 0.1) is 0 Å². The molecule has 0 amide bonds.